The highest BCUT2D eigenvalue weighted by Gasteiger charge is 2.24. The third kappa shape index (κ3) is 3.73. The van der Waals surface area contributed by atoms with Gasteiger partial charge < -0.3 is 11.1 Å². The third-order valence-corrected chi connectivity index (χ3v) is 5.53. The van der Waals surface area contributed by atoms with Gasteiger partial charge >= 0.3 is 0 Å². The molecule has 1 saturated carbocycles. The van der Waals surface area contributed by atoms with Crippen molar-refractivity contribution in [2.24, 2.45) is 0 Å². The van der Waals surface area contributed by atoms with Crippen LogP contribution in [0.15, 0.2) is 27.6 Å². The molecule has 1 aliphatic carbocycles. The van der Waals surface area contributed by atoms with E-state index in [9.17, 15) is 13.2 Å². The van der Waals surface area contributed by atoms with Crippen LogP contribution in [0.3, 0.4) is 0 Å². The van der Waals surface area contributed by atoms with Gasteiger partial charge in [0.1, 0.15) is 5.75 Å². The first-order valence-corrected chi connectivity index (χ1v) is 8.90. The van der Waals surface area contributed by atoms with Crippen LogP contribution in [0.4, 0.5) is 5.69 Å². The standard InChI is InChI=1S/C13H17BrN2O3S/c14-9-5-6-12(11(15)7-9)20(18,19)8-13(17)16-10-3-1-2-4-10/h5-7,10H,1-4,8,15H2,(H,16,17). The van der Waals surface area contributed by atoms with E-state index in [1.54, 1.807) is 6.07 Å². The molecular weight excluding hydrogens is 344 g/mol. The largest absolute Gasteiger partial charge is 0.398 e. The lowest BCUT2D eigenvalue weighted by Gasteiger charge is -2.12. The van der Waals surface area contributed by atoms with Gasteiger partial charge in [-0.2, -0.15) is 0 Å². The van der Waals surface area contributed by atoms with E-state index in [2.05, 4.69) is 21.2 Å². The van der Waals surface area contributed by atoms with Crippen molar-refractivity contribution < 1.29 is 13.2 Å². The van der Waals surface area contributed by atoms with Crippen LogP contribution in [0, 0.1) is 0 Å². The van der Waals surface area contributed by atoms with E-state index in [1.807, 2.05) is 0 Å². The van der Waals surface area contributed by atoms with Gasteiger partial charge in [0.25, 0.3) is 0 Å². The Hall–Kier alpha value is -1.08. The molecule has 3 N–H and O–H groups in total. The van der Waals surface area contributed by atoms with Crippen molar-refractivity contribution in [1.29, 1.82) is 0 Å². The minimum absolute atomic E-state index is 0.00210. The number of halogens is 1. The summed E-state index contributed by atoms with van der Waals surface area (Å²) >= 11 is 3.22. The van der Waals surface area contributed by atoms with E-state index in [-0.39, 0.29) is 16.6 Å². The van der Waals surface area contributed by atoms with E-state index in [4.69, 9.17) is 5.73 Å². The molecule has 0 atom stereocenters. The minimum Gasteiger partial charge on any atom is -0.398 e. The first-order valence-electron chi connectivity index (χ1n) is 6.45. The molecule has 2 rings (SSSR count). The van der Waals surface area contributed by atoms with Crippen LogP contribution in [0.2, 0.25) is 0 Å². The predicted molar refractivity (Wildman–Crippen MR) is 81.0 cm³/mol. The number of nitrogens with two attached hydrogens (primary N) is 1. The number of sulfone groups is 1. The Bertz CT molecular complexity index is 610. The average Bonchev–Trinajstić information content (AvgIpc) is 2.79. The molecule has 7 heteroatoms. The van der Waals surface area contributed by atoms with Crippen LogP contribution in [0.1, 0.15) is 25.7 Å². The zero-order valence-corrected chi connectivity index (χ0v) is 13.3. The maximum Gasteiger partial charge on any atom is 0.235 e. The number of anilines is 1. The molecule has 20 heavy (non-hydrogen) atoms. The Morgan fingerprint density at radius 3 is 2.60 bits per heavy atom. The second kappa shape index (κ2) is 6.13. The zero-order valence-electron chi connectivity index (χ0n) is 10.9. The predicted octanol–water partition coefficient (Wildman–Crippen LogP) is 1.86. The van der Waals surface area contributed by atoms with Gasteiger partial charge in [0.2, 0.25) is 5.91 Å². The summed E-state index contributed by atoms with van der Waals surface area (Å²) in [4.78, 5) is 11.8. The Labute approximate surface area is 127 Å². The molecule has 110 valence electrons. The van der Waals surface area contributed by atoms with Crippen molar-refractivity contribution in [2.45, 2.75) is 36.6 Å². The molecule has 0 spiro atoms. The lowest BCUT2D eigenvalue weighted by atomic mass is 10.2. The first-order chi connectivity index (χ1) is 9.38. The lowest BCUT2D eigenvalue weighted by Crippen LogP contribution is -2.37. The van der Waals surface area contributed by atoms with Crippen LogP contribution >= 0.6 is 15.9 Å². The van der Waals surface area contributed by atoms with Gasteiger partial charge in [0, 0.05) is 10.5 Å². The Kier molecular flexibility index (Phi) is 4.70. The highest BCUT2D eigenvalue weighted by molar-refractivity contribution is 9.10. The quantitative estimate of drug-likeness (QED) is 0.802. The third-order valence-electron chi connectivity index (χ3n) is 3.35. The SMILES string of the molecule is Nc1cc(Br)ccc1S(=O)(=O)CC(=O)NC1CCCC1. The summed E-state index contributed by atoms with van der Waals surface area (Å²) in [5.41, 5.74) is 5.85. The van der Waals surface area contributed by atoms with Crippen LogP contribution < -0.4 is 11.1 Å². The molecular formula is C13H17BrN2O3S. The highest BCUT2D eigenvalue weighted by Crippen LogP contribution is 2.24. The Morgan fingerprint density at radius 1 is 1.35 bits per heavy atom. The lowest BCUT2D eigenvalue weighted by molar-refractivity contribution is -0.119. The van der Waals surface area contributed by atoms with E-state index < -0.39 is 21.5 Å². The summed E-state index contributed by atoms with van der Waals surface area (Å²) in [6.07, 6.45) is 4.01. The fraction of sp³-hybridized carbons (Fsp3) is 0.462. The molecule has 0 bridgehead atoms. The Morgan fingerprint density at radius 2 is 2.00 bits per heavy atom. The summed E-state index contributed by atoms with van der Waals surface area (Å²) in [5, 5.41) is 2.77. The van der Waals surface area contributed by atoms with Gasteiger partial charge in [0.05, 0.1) is 10.6 Å². The maximum absolute atomic E-state index is 12.2. The van der Waals surface area contributed by atoms with Crippen molar-refractivity contribution in [3.05, 3.63) is 22.7 Å². The number of nitrogen functional groups attached to an aromatic ring is 1. The van der Waals surface area contributed by atoms with Gasteiger partial charge in [-0.1, -0.05) is 28.8 Å². The summed E-state index contributed by atoms with van der Waals surface area (Å²) in [7, 11) is -3.71. The average molecular weight is 361 g/mol. The van der Waals surface area contributed by atoms with Crippen molar-refractivity contribution in [1.82, 2.24) is 5.32 Å². The molecule has 0 radical (unpaired) electrons. The number of carbonyl (C=O) groups is 1. The van der Waals surface area contributed by atoms with Crippen molar-refractivity contribution in [3.8, 4) is 0 Å². The van der Waals surface area contributed by atoms with Crippen LogP contribution in [0.5, 0.6) is 0 Å². The first kappa shape index (κ1) is 15.3. The Balaban J connectivity index is 2.08. The van der Waals surface area contributed by atoms with E-state index in [0.717, 1.165) is 25.7 Å². The molecule has 1 fully saturated rings. The molecule has 0 saturated heterocycles. The number of hydrogen-bond acceptors (Lipinski definition) is 4. The summed E-state index contributed by atoms with van der Waals surface area (Å²) in [6.45, 7) is 0. The number of rotatable bonds is 4. The summed E-state index contributed by atoms with van der Waals surface area (Å²) in [6, 6.07) is 4.64. The molecule has 0 aromatic heterocycles. The molecule has 1 aliphatic rings. The van der Waals surface area contributed by atoms with Crippen molar-refractivity contribution in [3.63, 3.8) is 0 Å². The van der Waals surface area contributed by atoms with Gasteiger partial charge in [0.15, 0.2) is 9.84 Å². The van der Waals surface area contributed by atoms with E-state index in [0.29, 0.717) is 4.47 Å². The topological polar surface area (TPSA) is 89.3 Å². The molecule has 5 nitrogen and oxygen atoms in total. The van der Waals surface area contributed by atoms with Gasteiger partial charge in [-0.3, -0.25) is 4.79 Å². The normalized spacial score (nSPS) is 16.2. The van der Waals surface area contributed by atoms with Crippen molar-refractivity contribution in [2.75, 3.05) is 11.5 Å². The molecule has 0 unspecified atom stereocenters. The fourth-order valence-electron chi connectivity index (χ4n) is 2.39. The van der Waals surface area contributed by atoms with E-state index >= 15 is 0 Å². The summed E-state index contributed by atoms with van der Waals surface area (Å²) < 4.78 is 25.1. The number of nitrogens with one attached hydrogen (secondary N) is 1. The van der Waals surface area contributed by atoms with Crippen LogP contribution in [-0.4, -0.2) is 26.1 Å². The van der Waals surface area contributed by atoms with Crippen LogP contribution in [-0.2, 0) is 14.6 Å². The molecule has 1 aromatic carbocycles. The second-order valence-corrected chi connectivity index (χ2v) is 7.86. The molecule has 0 aliphatic heterocycles. The van der Waals surface area contributed by atoms with Gasteiger partial charge in [-0.15, -0.1) is 0 Å². The highest BCUT2D eigenvalue weighted by atomic mass is 79.9. The van der Waals surface area contributed by atoms with Crippen LogP contribution in [0.25, 0.3) is 0 Å². The maximum atomic E-state index is 12.2. The minimum atomic E-state index is -3.71. The zero-order chi connectivity index (χ0) is 14.8. The van der Waals surface area contributed by atoms with Gasteiger partial charge in [-0.05, 0) is 31.0 Å². The van der Waals surface area contributed by atoms with Gasteiger partial charge in [-0.25, -0.2) is 8.42 Å². The number of amides is 1. The number of benzene rings is 1. The second-order valence-electron chi connectivity index (χ2n) is 4.99. The van der Waals surface area contributed by atoms with E-state index in [1.165, 1.54) is 12.1 Å². The molecule has 1 aromatic rings. The number of hydrogen-bond donors (Lipinski definition) is 2. The molecule has 0 heterocycles. The monoisotopic (exact) mass is 360 g/mol. The molecule has 1 amide bonds. The number of carbonyl (C=O) groups excluding carboxylic acids is 1. The van der Waals surface area contributed by atoms with Crippen molar-refractivity contribution >= 4 is 37.4 Å². The summed E-state index contributed by atoms with van der Waals surface area (Å²) in [5.74, 6) is -1.02. The smallest absolute Gasteiger partial charge is 0.235 e. The fourth-order valence-corrected chi connectivity index (χ4v) is 4.05.